The highest BCUT2D eigenvalue weighted by molar-refractivity contribution is 5.93. The van der Waals surface area contributed by atoms with Gasteiger partial charge in [-0.3, -0.25) is 10.7 Å². The zero-order valence-electron chi connectivity index (χ0n) is 13.5. The standard InChI is InChI=1S/C15H32N4O2/c1-13(2)9-6-4-3-5-7-11-21-12-8-10-18-14(16)19-15(17)20/h13H,3-12H2,1-2H3,(H5,16,17,18,19,20). The van der Waals surface area contributed by atoms with Gasteiger partial charge in [-0.2, -0.15) is 0 Å². The lowest BCUT2D eigenvalue weighted by atomic mass is 10.0. The van der Waals surface area contributed by atoms with Crippen LogP contribution < -0.4 is 16.4 Å². The molecule has 0 spiro atoms. The van der Waals surface area contributed by atoms with Crippen molar-refractivity contribution in [1.82, 2.24) is 10.6 Å². The number of urea groups is 1. The van der Waals surface area contributed by atoms with Gasteiger partial charge in [0.25, 0.3) is 0 Å². The fraction of sp³-hybridized carbons (Fsp3) is 0.867. The van der Waals surface area contributed by atoms with Crippen LogP contribution in [0.5, 0.6) is 0 Å². The Morgan fingerprint density at radius 1 is 1.10 bits per heavy atom. The van der Waals surface area contributed by atoms with Gasteiger partial charge in [0.2, 0.25) is 0 Å². The largest absolute Gasteiger partial charge is 0.381 e. The maximum atomic E-state index is 10.4. The van der Waals surface area contributed by atoms with Crippen molar-refractivity contribution in [2.45, 2.75) is 58.8 Å². The van der Waals surface area contributed by atoms with E-state index in [-0.39, 0.29) is 5.96 Å². The van der Waals surface area contributed by atoms with Crippen LogP contribution in [0.2, 0.25) is 0 Å². The van der Waals surface area contributed by atoms with Crippen LogP contribution in [0.1, 0.15) is 58.8 Å². The average molecular weight is 300 g/mol. The highest BCUT2D eigenvalue weighted by atomic mass is 16.5. The molecule has 6 heteroatoms. The summed E-state index contributed by atoms with van der Waals surface area (Å²) in [6.07, 6.45) is 8.47. The van der Waals surface area contributed by atoms with Crippen LogP contribution in [0.4, 0.5) is 4.79 Å². The predicted octanol–water partition coefficient (Wildman–Crippen LogP) is 2.58. The summed E-state index contributed by atoms with van der Waals surface area (Å²) in [6.45, 7) is 6.61. The minimum Gasteiger partial charge on any atom is -0.381 e. The summed E-state index contributed by atoms with van der Waals surface area (Å²) in [5.74, 6) is 0.755. The molecule has 0 aliphatic rings. The lowest BCUT2D eigenvalue weighted by molar-refractivity contribution is 0.128. The van der Waals surface area contributed by atoms with E-state index in [9.17, 15) is 4.79 Å². The number of carbonyl (C=O) groups excluding carboxylic acids is 1. The fourth-order valence-electron chi connectivity index (χ4n) is 1.94. The van der Waals surface area contributed by atoms with E-state index in [0.29, 0.717) is 13.2 Å². The number of guanidine groups is 1. The third kappa shape index (κ3) is 16.6. The quantitative estimate of drug-likeness (QED) is 0.253. The third-order valence-electron chi connectivity index (χ3n) is 3.09. The first kappa shape index (κ1) is 19.7. The van der Waals surface area contributed by atoms with Crippen molar-refractivity contribution in [3.63, 3.8) is 0 Å². The molecule has 0 aromatic heterocycles. The van der Waals surface area contributed by atoms with E-state index in [1.165, 1.54) is 32.1 Å². The summed E-state index contributed by atoms with van der Waals surface area (Å²) in [6, 6.07) is -0.725. The number of rotatable bonds is 12. The average Bonchev–Trinajstić information content (AvgIpc) is 2.38. The van der Waals surface area contributed by atoms with E-state index in [0.717, 1.165) is 25.4 Å². The maximum absolute atomic E-state index is 10.4. The number of nitrogens with one attached hydrogen (secondary N) is 3. The molecule has 0 aromatic rings. The molecule has 5 N–H and O–H groups in total. The van der Waals surface area contributed by atoms with E-state index < -0.39 is 6.03 Å². The molecule has 2 amide bonds. The number of unbranched alkanes of at least 4 members (excludes halogenated alkanes) is 4. The van der Waals surface area contributed by atoms with Gasteiger partial charge >= 0.3 is 6.03 Å². The van der Waals surface area contributed by atoms with E-state index in [2.05, 4.69) is 24.5 Å². The van der Waals surface area contributed by atoms with Crippen LogP contribution in [-0.2, 0) is 4.74 Å². The summed E-state index contributed by atoms with van der Waals surface area (Å²) < 4.78 is 5.52. The highest BCUT2D eigenvalue weighted by Gasteiger charge is 1.98. The van der Waals surface area contributed by atoms with Gasteiger partial charge in [-0.05, 0) is 18.8 Å². The van der Waals surface area contributed by atoms with Crippen LogP contribution in [0.25, 0.3) is 0 Å². The van der Waals surface area contributed by atoms with E-state index in [1.807, 2.05) is 0 Å². The molecule has 0 rings (SSSR count). The molecule has 0 unspecified atom stereocenters. The normalized spacial score (nSPS) is 10.6. The first-order valence-electron chi connectivity index (χ1n) is 7.99. The first-order valence-corrected chi connectivity index (χ1v) is 7.99. The molecular formula is C15H32N4O2. The molecule has 0 heterocycles. The summed E-state index contributed by atoms with van der Waals surface area (Å²) in [4.78, 5) is 10.4. The van der Waals surface area contributed by atoms with Crippen molar-refractivity contribution < 1.29 is 9.53 Å². The van der Waals surface area contributed by atoms with Gasteiger partial charge < -0.3 is 15.8 Å². The second-order valence-electron chi connectivity index (χ2n) is 5.71. The summed E-state index contributed by atoms with van der Waals surface area (Å²) in [7, 11) is 0. The Hall–Kier alpha value is -1.30. The number of hydrogen-bond donors (Lipinski definition) is 4. The Bertz CT molecular complexity index is 283. The van der Waals surface area contributed by atoms with Gasteiger partial charge in [0.15, 0.2) is 5.96 Å². The lowest BCUT2D eigenvalue weighted by Gasteiger charge is -2.08. The molecule has 21 heavy (non-hydrogen) atoms. The van der Waals surface area contributed by atoms with Crippen LogP contribution >= 0.6 is 0 Å². The van der Waals surface area contributed by atoms with Crippen molar-refractivity contribution in [1.29, 1.82) is 5.41 Å². The Balaban J connectivity index is 3.12. The zero-order chi connectivity index (χ0) is 15.9. The highest BCUT2D eigenvalue weighted by Crippen LogP contribution is 2.10. The summed E-state index contributed by atoms with van der Waals surface area (Å²) in [5, 5.41) is 12.2. The lowest BCUT2D eigenvalue weighted by Crippen LogP contribution is -2.43. The van der Waals surface area contributed by atoms with Crippen molar-refractivity contribution >= 4 is 12.0 Å². The molecule has 0 saturated carbocycles. The second kappa shape index (κ2) is 13.7. The van der Waals surface area contributed by atoms with Gasteiger partial charge in [0, 0.05) is 19.8 Å². The Morgan fingerprint density at radius 2 is 1.71 bits per heavy atom. The molecule has 0 aliphatic heterocycles. The van der Waals surface area contributed by atoms with Crippen LogP contribution in [0.3, 0.4) is 0 Å². The number of nitrogens with two attached hydrogens (primary N) is 1. The Morgan fingerprint density at radius 3 is 2.38 bits per heavy atom. The van der Waals surface area contributed by atoms with Crippen LogP contribution in [0.15, 0.2) is 0 Å². The molecule has 0 aliphatic carbocycles. The van der Waals surface area contributed by atoms with Crippen LogP contribution in [-0.4, -0.2) is 31.7 Å². The Kier molecular flexibility index (Phi) is 12.8. The van der Waals surface area contributed by atoms with E-state index >= 15 is 0 Å². The number of amides is 2. The first-order chi connectivity index (χ1) is 10.0. The van der Waals surface area contributed by atoms with E-state index in [1.54, 1.807) is 0 Å². The molecule has 0 fully saturated rings. The summed E-state index contributed by atoms with van der Waals surface area (Å²) in [5.41, 5.74) is 4.88. The number of carbonyl (C=O) groups is 1. The topological polar surface area (TPSA) is 100 Å². The van der Waals surface area contributed by atoms with E-state index in [4.69, 9.17) is 15.9 Å². The van der Waals surface area contributed by atoms with Gasteiger partial charge in [-0.15, -0.1) is 0 Å². The maximum Gasteiger partial charge on any atom is 0.318 e. The SMILES string of the molecule is CC(C)CCCCCCCOCCCNC(=N)NC(N)=O. The van der Waals surface area contributed by atoms with Crippen molar-refractivity contribution in [2.75, 3.05) is 19.8 Å². The van der Waals surface area contributed by atoms with Gasteiger partial charge in [0.1, 0.15) is 0 Å². The summed E-state index contributed by atoms with van der Waals surface area (Å²) >= 11 is 0. The van der Waals surface area contributed by atoms with Crippen molar-refractivity contribution in [2.24, 2.45) is 11.7 Å². The molecule has 6 nitrogen and oxygen atoms in total. The molecule has 0 aromatic carbocycles. The number of primary amides is 1. The molecule has 0 radical (unpaired) electrons. The third-order valence-corrected chi connectivity index (χ3v) is 3.09. The van der Waals surface area contributed by atoms with Crippen molar-refractivity contribution in [3.8, 4) is 0 Å². The zero-order valence-corrected chi connectivity index (χ0v) is 13.5. The molecular weight excluding hydrogens is 268 g/mol. The molecule has 0 bridgehead atoms. The van der Waals surface area contributed by atoms with Gasteiger partial charge in [-0.25, -0.2) is 4.79 Å². The fourth-order valence-corrected chi connectivity index (χ4v) is 1.94. The minimum atomic E-state index is -0.725. The number of ether oxygens (including phenoxy) is 1. The Labute approximate surface area is 128 Å². The monoisotopic (exact) mass is 300 g/mol. The van der Waals surface area contributed by atoms with Gasteiger partial charge in [0.05, 0.1) is 0 Å². The smallest absolute Gasteiger partial charge is 0.318 e. The van der Waals surface area contributed by atoms with Gasteiger partial charge in [-0.1, -0.05) is 46.0 Å². The number of hydrogen-bond acceptors (Lipinski definition) is 3. The molecule has 0 atom stereocenters. The second-order valence-corrected chi connectivity index (χ2v) is 5.71. The van der Waals surface area contributed by atoms with Crippen molar-refractivity contribution in [3.05, 3.63) is 0 Å². The minimum absolute atomic E-state index is 0.0658. The predicted molar refractivity (Wildman–Crippen MR) is 86.4 cm³/mol. The molecule has 0 saturated heterocycles. The van der Waals surface area contributed by atoms with Crippen LogP contribution in [0, 0.1) is 11.3 Å². The molecule has 124 valence electrons.